The molecule has 0 aliphatic carbocycles. The molecule has 0 heterocycles. The standard InChI is InChI=1S/C19H20O5/c20-18(21)4-2-1-3-14-5-9-16(10-6-14)24-17-11-7-15(8-12-17)13-19(22)23/h5-12H,1-4,13H2,(H,20,21)(H,22,23). The zero-order valence-electron chi connectivity index (χ0n) is 13.3. The third kappa shape index (κ3) is 6.12. The van der Waals surface area contributed by atoms with Crippen LogP contribution in [0.1, 0.15) is 30.4 Å². The second-order valence-electron chi connectivity index (χ2n) is 5.56. The molecule has 0 spiro atoms. The van der Waals surface area contributed by atoms with Crippen LogP contribution in [-0.4, -0.2) is 22.2 Å². The van der Waals surface area contributed by atoms with Crippen LogP contribution in [0.2, 0.25) is 0 Å². The van der Waals surface area contributed by atoms with Crippen molar-refractivity contribution in [3.63, 3.8) is 0 Å². The molecule has 0 aromatic heterocycles. The molecule has 0 atom stereocenters. The molecule has 0 saturated heterocycles. The van der Waals surface area contributed by atoms with E-state index in [1.807, 2.05) is 24.3 Å². The Morgan fingerprint density at radius 2 is 1.29 bits per heavy atom. The summed E-state index contributed by atoms with van der Waals surface area (Å²) in [7, 11) is 0. The highest BCUT2D eigenvalue weighted by Crippen LogP contribution is 2.22. The summed E-state index contributed by atoms with van der Waals surface area (Å²) in [6.07, 6.45) is 2.57. The van der Waals surface area contributed by atoms with Gasteiger partial charge in [-0.3, -0.25) is 9.59 Å². The minimum Gasteiger partial charge on any atom is -0.481 e. The Kier molecular flexibility index (Phi) is 6.37. The first-order valence-electron chi connectivity index (χ1n) is 7.82. The minimum atomic E-state index is -0.859. The Balaban J connectivity index is 1.84. The average Bonchev–Trinajstić information content (AvgIpc) is 2.54. The quantitative estimate of drug-likeness (QED) is 0.682. The van der Waals surface area contributed by atoms with Gasteiger partial charge in [0.2, 0.25) is 0 Å². The zero-order chi connectivity index (χ0) is 17.4. The summed E-state index contributed by atoms with van der Waals surface area (Å²) < 4.78 is 5.73. The van der Waals surface area contributed by atoms with E-state index < -0.39 is 11.9 Å². The third-order valence-electron chi connectivity index (χ3n) is 3.54. The van der Waals surface area contributed by atoms with Crippen molar-refractivity contribution in [2.24, 2.45) is 0 Å². The molecule has 24 heavy (non-hydrogen) atoms. The predicted octanol–water partition coefficient (Wildman–Crippen LogP) is 3.90. The van der Waals surface area contributed by atoms with Crippen molar-refractivity contribution in [3.05, 3.63) is 59.7 Å². The highest BCUT2D eigenvalue weighted by Gasteiger charge is 2.03. The molecule has 126 valence electrons. The van der Waals surface area contributed by atoms with Crippen LogP contribution < -0.4 is 4.74 Å². The summed E-state index contributed by atoms with van der Waals surface area (Å²) in [5, 5.41) is 17.3. The summed E-state index contributed by atoms with van der Waals surface area (Å²) in [5.41, 5.74) is 1.87. The van der Waals surface area contributed by atoms with Crippen molar-refractivity contribution in [2.45, 2.75) is 32.1 Å². The number of aryl methyl sites for hydroxylation is 1. The average molecular weight is 328 g/mol. The maximum absolute atomic E-state index is 10.6. The van der Waals surface area contributed by atoms with Crippen LogP contribution in [0.4, 0.5) is 0 Å². The number of ether oxygens (including phenoxy) is 1. The van der Waals surface area contributed by atoms with Crippen molar-refractivity contribution in [1.82, 2.24) is 0 Å². The smallest absolute Gasteiger partial charge is 0.307 e. The third-order valence-corrected chi connectivity index (χ3v) is 3.54. The van der Waals surface area contributed by atoms with Gasteiger partial charge >= 0.3 is 11.9 Å². The van der Waals surface area contributed by atoms with Crippen molar-refractivity contribution >= 4 is 11.9 Å². The second-order valence-corrected chi connectivity index (χ2v) is 5.56. The Bertz CT molecular complexity index is 674. The fraction of sp³-hybridized carbons (Fsp3) is 0.263. The fourth-order valence-electron chi connectivity index (χ4n) is 2.32. The second kappa shape index (κ2) is 8.72. The maximum atomic E-state index is 10.6. The number of rotatable bonds is 9. The Labute approximate surface area is 140 Å². The number of carboxylic acids is 2. The van der Waals surface area contributed by atoms with Crippen LogP contribution in [0.5, 0.6) is 11.5 Å². The van der Waals surface area contributed by atoms with E-state index in [1.54, 1.807) is 24.3 Å². The zero-order valence-corrected chi connectivity index (χ0v) is 13.3. The largest absolute Gasteiger partial charge is 0.481 e. The van der Waals surface area contributed by atoms with Gasteiger partial charge in [-0.15, -0.1) is 0 Å². The lowest BCUT2D eigenvalue weighted by molar-refractivity contribution is -0.137. The van der Waals surface area contributed by atoms with Crippen molar-refractivity contribution in [3.8, 4) is 11.5 Å². The highest BCUT2D eigenvalue weighted by atomic mass is 16.5. The van der Waals surface area contributed by atoms with Crippen LogP contribution in [-0.2, 0) is 22.4 Å². The minimum absolute atomic E-state index is 0.00312. The Hall–Kier alpha value is -2.82. The van der Waals surface area contributed by atoms with E-state index in [9.17, 15) is 9.59 Å². The summed E-state index contributed by atoms with van der Waals surface area (Å²) >= 11 is 0. The Morgan fingerprint density at radius 1 is 0.750 bits per heavy atom. The molecule has 0 saturated carbocycles. The highest BCUT2D eigenvalue weighted by molar-refractivity contribution is 5.70. The predicted molar refractivity (Wildman–Crippen MR) is 89.5 cm³/mol. The number of unbranched alkanes of at least 4 members (excludes halogenated alkanes) is 1. The van der Waals surface area contributed by atoms with Gasteiger partial charge < -0.3 is 14.9 Å². The molecule has 5 nitrogen and oxygen atoms in total. The van der Waals surface area contributed by atoms with Crippen molar-refractivity contribution in [1.29, 1.82) is 0 Å². The fourth-order valence-corrected chi connectivity index (χ4v) is 2.32. The number of benzene rings is 2. The van der Waals surface area contributed by atoms with Crippen LogP contribution >= 0.6 is 0 Å². The number of hydrogen-bond acceptors (Lipinski definition) is 3. The van der Waals surface area contributed by atoms with Crippen LogP contribution in [0.15, 0.2) is 48.5 Å². The number of carboxylic acid groups (broad SMARTS) is 2. The molecular weight excluding hydrogens is 308 g/mol. The molecular formula is C19H20O5. The van der Waals surface area contributed by atoms with Gasteiger partial charge in [-0.2, -0.15) is 0 Å². The van der Waals surface area contributed by atoms with Gasteiger partial charge in [-0.25, -0.2) is 0 Å². The Morgan fingerprint density at radius 3 is 1.79 bits per heavy atom. The molecule has 0 fully saturated rings. The summed E-state index contributed by atoms with van der Waals surface area (Å²) in [5.74, 6) is -0.260. The monoisotopic (exact) mass is 328 g/mol. The van der Waals surface area contributed by atoms with E-state index in [1.165, 1.54) is 0 Å². The molecule has 5 heteroatoms. The van der Waals surface area contributed by atoms with Crippen LogP contribution in [0.25, 0.3) is 0 Å². The SMILES string of the molecule is O=C(O)CCCCc1ccc(Oc2ccc(CC(=O)O)cc2)cc1. The van der Waals surface area contributed by atoms with Gasteiger partial charge in [0.25, 0.3) is 0 Å². The van der Waals surface area contributed by atoms with E-state index in [2.05, 4.69) is 0 Å². The summed E-state index contributed by atoms with van der Waals surface area (Å²) in [4.78, 5) is 21.1. The maximum Gasteiger partial charge on any atom is 0.307 e. The lowest BCUT2D eigenvalue weighted by atomic mass is 10.1. The number of carbonyl (C=O) groups is 2. The van der Waals surface area contributed by atoms with Gasteiger partial charge in [0.05, 0.1) is 6.42 Å². The molecule has 2 N–H and O–H groups in total. The van der Waals surface area contributed by atoms with E-state index in [4.69, 9.17) is 14.9 Å². The van der Waals surface area contributed by atoms with Crippen LogP contribution in [0.3, 0.4) is 0 Å². The molecule has 2 rings (SSSR count). The van der Waals surface area contributed by atoms with Gasteiger partial charge in [-0.1, -0.05) is 24.3 Å². The summed E-state index contributed by atoms with van der Waals surface area (Å²) in [6.45, 7) is 0. The van der Waals surface area contributed by atoms with Crippen LogP contribution in [0, 0.1) is 0 Å². The van der Waals surface area contributed by atoms with Crippen molar-refractivity contribution < 1.29 is 24.5 Å². The van der Waals surface area contributed by atoms with E-state index >= 15 is 0 Å². The number of aliphatic carboxylic acids is 2. The first-order valence-corrected chi connectivity index (χ1v) is 7.82. The van der Waals surface area contributed by atoms with Gasteiger partial charge in [0.15, 0.2) is 0 Å². The molecule has 0 radical (unpaired) electrons. The van der Waals surface area contributed by atoms with Gasteiger partial charge in [0, 0.05) is 6.42 Å². The van der Waals surface area contributed by atoms with Crippen molar-refractivity contribution in [2.75, 3.05) is 0 Å². The molecule has 0 aliphatic rings. The molecule has 0 bridgehead atoms. The van der Waals surface area contributed by atoms with E-state index in [-0.39, 0.29) is 12.8 Å². The van der Waals surface area contributed by atoms with E-state index in [0.717, 1.165) is 24.0 Å². The lowest BCUT2D eigenvalue weighted by Crippen LogP contribution is -1.99. The summed E-state index contributed by atoms with van der Waals surface area (Å²) in [6, 6.07) is 14.6. The molecule has 0 aliphatic heterocycles. The first kappa shape index (κ1) is 17.5. The first-order chi connectivity index (χ1) is 11.5. The van der Waals surface area contributed by atoms with Gasteiger partial charge in [-0.05, 0) is 54.7 Å². The normalized spacial score (nSPS) is 10.3. The number of hydrogen-bond donors (Lipinski definition) is 2. The molecule has 0 amide bonds. The topological polar surface area (TPSA) is 83.8 Å². The molecule has 2 aromatic carbocycles. The van der Waals surface area contributed by atoms with Gasteiger partial charge in [0.1, 0.15) is 11.5 Å². The molecule has 2 aromatic rings. The van der Waals surface area contributed by atoms with E-state index in [0.29, 0.717) is 17.9 Å². The lowest BCUT2D eigenvalue weighted by Gasteiger charge is -2.07. The molecule has 0 unspecified atom stereocenters.